The van der Waals surface area contributed by atoms with E-state index in [9.17, 15) is 9.59 Å². The number of para-hydroxylation sites is 1. The molecule has 0 aliphatic carbocycles. The van der Waals surface area contributed by atoms with Gasteiger partial charge in [0.15, 0.2) is 0 Å². The number of hydrogen-bond donors (Lipinski definition) is 0. The molecule has 0 unspecified atom stereocenters. The Hall–Kier alpha value is -1.55. The molecule has 0 aliphatic rings. The second-order valence-electron chi connectivity index (χ2n) is 3.98. The Morgan fingerprint density at radius 3 is 2.53 bits per heavy atom. The molecule has 0 bridgehead atoms. The predicted molar refractivity (Wildman–Crippen MR) is 72.2 cm³/mol. The quantitative estimate of drug-likeness (QED) is 0.438. The van der Waals surface area contributed by atoms with E-state index in [-0.39, 0.29) is 18.8 Å². The minimum Gasteiger partial charge on any atom is -0.466 e. The van der Waals surface area contributed by atoms with Crippen molar-refractivity contribution in [1.29, 1.82) is 0 Å². The van der Waals surface area contributed by atoms with Gasteiger partial charge in [0.25, 0.3) is 0 Å². The summed E-state index contributed by atoms with van der Waals surface area (Å²) in [5.41, 5.74) is 0. The molecule has 0 atom stereocenters. The predicted octanol–water partition coefficient (Wildman–Crippen LogP) is 3.37. The van der Waals surface area contributed by atoms with Gasteiger partial charge in [-0.3, -0.25) is 9.59 Å². The van der Waals surface area contributed by atoms with Crippen LogP contribution in [0.3, 0.4) is 0 Å². The lowest BCUT2D eigenvalue weighted by Crippen LogP contribution is -2.13. The van der Waals surface area contributed by atoms with Crippen LogP contribution in [0.2, 0.25) is 5.02 Å². The Bertz CT molecular complexity index is 431. The normalized spacial score (nSPS) is 10.0. The highest BCUT2D eigenvalue weighted by Crippen LogP contribution is 2.23. The molecule has 4 nitrogen and oxygen atoms in total. The number of carbonyl (C=O) groups excluding carboxylic acids is 2. The minimum atomic E-state index is -0.499. The summed E-state index contributed by atoms with van der Waals surface area (Å²) in [5.74, 6) is -0.585. The summed E-state index contributed by atoms with van der Waals surface area (Å²) >= 11 is 5.85. The largest absolute Gasteiger partial charge is 0.466 e. The van der Waals surface area contributed by atoms with E-state index in [4.69, 9.17) is 21.1 Å². The summed E-state index contributed by atoms with van der Waals surface area (Å²) in [6.07, 6.45) is 1.79. The van der Waals surface area contributed by atoms with E-state index in [1.54, 1.807) is 24.3 Å². The second kappa shape index (κ2) is 8.53. The van der Waals surface area contributed by atoms with Crippen LogP contribution in [-0.2, 0) is 14.3 Å². The highest BCUT2D eigenvalue weighted by molar-refractivity contribution is 6.32. The van der Waals surface area contributed by atoms with Crippen LogP contribution in [0.1, 0.15) is 32.6 Å². The Balaban J connectivity index is 2.28. The number of esters is 2. The van der Waals surface area contributed by atoms with Crippen LogP contribution < -0.4 is 4.74 Å². The highest BCUT2D eigenvalue weighted by Gasteiger charge is 2.11. The van der Waals surface area contributed by atoms with Gasteiger partial charge >= 0.3 is 11.9 Å². The first-order valence-corrected chi connectivity index (χ1v) is 6.62. The molecule has 1 aromatic rings. The van der Waals surface area contributed by atoms with Crippen molar-refractivity contribution >= 4 is 23.5 Å². The molecule has 0 aliphatic heterocycles. The molecule has 0 N–H and O–H groups in total. The maximum atomic E-state index is 11.5. The van der Waals surface area contributed by atoms with Crippen LogP contribution in [0.15, 0.2) is 24.3 Å². The van der Waals surface area contributed by atoms with Crippen molar-refractivity contribution in [2.75, 3.05) is 6.61 Å². The maximum Gasteiger partial charge on any atom is 0.311 e. The Morgan fingerprint density at radius 2 is 1.84 bits per heavy atom. The van der Waals surface area contributed by atoms with Gasteiger partial charge in [-0.05, 0) is 18.6 Å². The molecule has 5 heteroatoms. The zero-order chi connectivity index (χ0) is 14.1. The number of ether oxygens (including phenoxy) is 2. The van der Waals surface area contributed by atoms with Crippen molar-refractivity contribution in [3.8, 4) is 5.75 Å². The Labute approximate surface area is 117 Å². The van der Waals surface area contributed by atoms with Gasteiger partial charge in [0.2, 0.25) is 0 Å². The van der Waals surface area contributed by atoms with E-state index in [0.29, 0.717) is 17.4 Å². The Morgan fingerprint density at radius 1 is 1.16 bits per heavy atom. The third-order valence-corrected chi connectivity index (χ3v) is 2.67. The molecule has 1 aromatic carbocycles. The van der Waals surface area contributed by atoms with E-state index < -0.39 is 5.97 Å². The molecule has 19 heavy (non-hydrogen) atoms. The standard InChI is InChI=1S/C14H17ClO4/c1-2-3-10-18-13(16)8-9-14(17)19-12-7-5-4-6-11(12)15/h4-7H,2-3,8-10H2,1H3. The highest BCUT2D eigenvalue weighted by atomic mass is 35.5. The monoisotopic (exact) mass is 284 g/mol. The van der Waals surface area contributed by atoms with E-state index in [1.807, 2.05) is 6.92 Å². The third kappa shape index (κ3) is 6.25. The van der Waals surface area contributed by atoms with E-state index in [2.05, 4.69) is 0 Å². The van der Waals surface area contributed by atoms with Crippen LogP contribution in [0.4, 0.5) is 0 Å². The molecule has 0 heterocycles. The molecule has 0 amide bonds. The van der Waals surface area contributed by atoms with Gasteiger partial charge in [-0.2, -0.15) is 0 Å². The summed E-state index contributed by atoms with van der Waals surface area (Å²) < 4.78 is 9.98. The van der Waals surface area contributed by atoms with Crippen molar-refractivity contribution in [2.24, 2.45) is 0 Å². The van der Waals surface area contributed by atoms with Crippen LogP contribution in [0.5, 0.6) is 5.75 Å². The molecule has 104 valence electrons. The molecule has 1 rings (SSSR count). The summed E-state index contributed by atoms with van der Waals surface area (Å²) in [6, 6.07) is 6.68. The zero-order valence-corrected chi connectivity index (χ0v) is 11.6. The number of rotatable bonds is 7. The zero-order valence-electron chi connectivity index (χ0n) is 10.9. The fraction of sp³-hybridized carbons (Fsp3) is 0.429. The number of halogens is 1. The molecule has 0 radical (unpaired) electrons. The first-order valence-electron chi connectivity index (χ1n) is 6.24. The van der Waals surface area contributed by atoms with Gasteiger partial charge in [0.1, 0.15) is 5.75 Å². The second-order valence-corrected chi connectivity index (χ2v) is 4.39. The smallest absolute Gasteiger partial charge is 0.311 e. The molecule has 0 spiro atoms. The molecule has 0 aromatic heterocycles. The molecule has 0 fully saturated rings. The lowest BCUT2D eigenvalue weighted by atomic mass is 10.3. The molecule has 0 saturated carbocycles. The summed E-state index contributed by atoms with van der Waals surface area (Å²) in [6.45, 7) is 2.41. The fourth-order valence-corrected chi connectivity index (χ4v) is 1.48. The van der Waals surface area contributed by atoms with Crippen molar-refractivity contribution < 1.29 is 19.1 Å². The number of carbonyl (C=O) groups is 2. The van der Waals surface area contributed by atoms with Crippen molar-refractivity contribution in [3.05, 3.63) is 29.3 Å². The van der Waals surface area contributed by atoms with Gasteiger partial charge in [0.05, 0.1) is 24.5 Å². The maximum absolute atomic E-state index is 11.5. The van der Waals surface area contributed by atoms with Crippen LogP contribution in [0.25, 0.3) is 0 Å². The topological polar surface area (TPSA) is 52.6 Å². The van der Waals surface area contributed by atoms with Crippen LogP contribution >= 0.6 is 11.6 Å². The minimum absolute atomic E-state index is 0.0177. The molecular weight excluding hydrogens is 268 g/mol. The third-order valence-electron chi connectivity index (χ3n) is 2.35. The number of unbranched alkanes of at least 4 members (excludes halogenated alkanes) is 1. The average molecular weight is 285 g/mol. The van der Waals surface area contributed by atoms with Gasteiger partial charge in [0, 0.05) is 0 Å². The fourth-order valence-electron chi connectivity index (χ4n) is 1.31. The van der Waals surface area contributed by atoms with Crippen LogP contribution in [0, 0.1) is 0 Å². The first kappa shape index (κ1) is 15.5. The van der Waals surface area contributed by atoms with Crippen molar-refractivity contribution in [2.45, 2.75) is 32.6 Å². The number of benzene rings is 1. The summed E-state index contributed by atoms with van der Waals surface area (Å²) in [4.78, 5) is 22.8. The lowest BCUT2D eigenvalue weighted by molar-refractivity contribution is -0.147. The summed E-state index contributed by atoms with van der Waals surface area (Å²) in [7, 11) is 0. The SMILES string of the molecule is CCCCOC(=O)CCC(=O)Oc1ccccc1Cl. The van der Waals surface area contributed by atoms with Gasteiger partial charge in [-0.25, -0.2) is 0 Å². The summed E-state index contributed by atoms with van der Waals surface area (Å²) in [5, 5.41) is 0.362. The number of hydrogen-bond acceptors (Lipinski definition) is 4. The lowest BCUT2D eigenvalue weighted by Gasteiger charge is -2.06. The Kier molecular flexibility index (Phi) is 6.97. The van der Waals surface area contributed by atoms with Gasteiger partial charge < -0.3 is 9.47 Å². The molecular formula is C14H17ClO4. The van der Waals surface area contributed by atoms with E-state index in [1.165, 1.54) is 0 Å². The van der Waals surface area contributed by atoms with Crippen molar-refractivity contribution in [3.63, 3.8) is 0 Å². The van der Waals surface area contributed by atoms with Gasteiger partial charge in [-0.1, -0.05) is 37.1 Å². The molecule has 0 saturated heterocycles. The van der Waals surface area contributed by atoms with Gasteiger partial charge in [-0.15, -0.1) is 0 Å². The van der Waals surface area contributed by atoms with Crippen LogP contribution in [-0.4, -0.2) is 18.5 Å². The average Bonchev–Trinajstić information content (AvgIpc) is 2.39. The van der Waals surface area contributed by atoms with E-state index in [0.717, 1.165) is 12.8 Å². The van der Waals surface area contributed by atoms with E-state index >= 15 is 0 Å². The first-order chi connectivity index (χ1) is 9.13. The van der Waals surface area contributed by atoms with Crippen molar-refractivity contribution in [1.82, 2.24) is 0 Å².